The summed E-state index contributed by atoms with van der Waals surface area (Å²) in [5, 5.41) is 0. The van der Waals surface area contributed by atoms with Crippen molar-refractivity contribution in [2.45, 2.75) is 40.0 Å². The summed E-state index contributed by atoms with van der Waals surface area (Å²) < 4.78 is 6.02. The average molecular weight is 688 g/mol. The minimum Gasteiger partial charge on any atom is -0.460 e. The van der Waals surface area contributed by atoms with E-state index >= 15 is 0 Å². The van der Waals surface area contributed by atoms with Gasteiger partial charge in [-0.3, -0.25) is 4.98 Å². The van der Waals surface area contributed by atoms with Crippen molar-refractivity contribution in [3.8, 4) is 33.9 Å². The molecule has 1 aliphatic rings. The maximum Gasteiger partial charge on any atom is 2.00 e. The molecule has 0 radical (unpaired) electrons. The second-order valence-corrected chi connectivity index (χ2v) is 11.1. The quantitative estimate of drug-likeness (QED) is 0.170. The predicted octanol–water partition coefficient (Wildman–Crippen LogP) is 5.94. The van der Waals surface area contributed by atoms with Crippen LogP contribution in [0.2, 0.25) is 0 Å². The molecule has 0 N–H and O–H groups in total. The van der Waals surface area contributed by atoms with Gasteiger partial charge in [-0.2, -0.15) is 29.7 Å². The van der Waals surface area contributed by atoms with Crippen LogP contribution in [0, 0.1) is 26.0 Å². The molecule has 3 heterocycles. The van der Waals surface area contributed by atoms with E-state index in [1.807, 2.05) is 31.2 Å². The van der Waals surface area contributed by atoms with Crippen molar-refractivity contribution in [2.24, 2.45) is 0 Å². The Hall–Kier alpha value is -3.49. The van der Waals surface area contributed by atoms with Gasteiger partial charge in [-0.05, 0) is 48.6 Å². The first kappa shape index (κ1) is 27.1. The van der Waals surface area contributed by atoms with Gasteiger partial charge in [0.05, 0.1) is 0 Å². The molecule has 39 heavy (non-hydrogen) atoms. The van der Waals surface area contributed by atoms with Crippen molar-refractivity contribution in [3.63, 3.8) is 0 Å². The molecule has 0 amide bonds. The zero-order valence-corrected chi connectivity index (χ0v) is 25.1. The fraction of sp³-hybridized carbons (Fsp3) is 0.176. The summed E-state index contributed by atoms with van der Waals surface area (Å²) in [5.41, 5.74) is 11.4. The number of ether oxygens (including phenoxy) is 1. The number of aryl methyl sites for hydroxylation is 2. The van der Waals surface area contributed by atoms with Gasteiger partial charge in [0.15, 0.2) is 0 Å². The number of fused-ring (bicyclic) bond motifs is 3. The summed E-state index contributed by atoms with van der Waals surface area (Å²) in [5.74, 6) is 1.19. The molecule has 0 saturated carbocycles. The monoisotopic (exact) mass is 687 g/mol. The van der Waals surface area contributed by atoms with Crippen molar-refractivity contribution < 1.29 is 25.8 Å². The Morgan fingerprint density at radius 1 is 0.795 bits per heavy atom. The summed E-state index contributed by atoms with van der Waals surface area (Å²) in [4.78, 5) is 9.37. The smallest absolute Gasteiger partial charge is 0.460 e. The summed E-state index contributed by atoms with van der Waals surface area (Å²) in [6.45, 7) is 10.9. The van der Waals surface area contributed by atoms with Crippen LogP contribution in [0.3, 0.4) is 0 Å². The second-order valence-electron chi connectivity index (χ2n) is 11.1. The van der Waals surface area contributed by atoms with Crippen molar-refractivity contribution in [1.82, 2.24) is 9.97 Å². The van der Waals surface area contributed by atoms with E-state index in [9.17, 15) is 0 Å². The summed E-state index contributed by atoms with van der Waals surface area (Å²) >= 11 is 0. The van der Waals surface area contributed by atoms with E-state index < -0.39 is 0 Å². The van der Waals surface area contributed by atoms with Crippen LogP contribution in [0.4, 0.5) is 0 Å². The number of aromatic nitrogens is 2. The molecular formula is C34H29BN2OPt. The van der Waals surface area contributed by atoms with Crippen molar-refractivity contribution in [1.29, 1.82) is 0 Å². The minimum atomic E-state index is 0. The molecule has 1 aliphatic heterocycles. The van der Waals surface area contributed by atoms with Crippen LogP contribution in [0.5, 0.6) is 11.6 Å². The molecule has 194 valence electrons. The van der Waals surface area contributed by atoms with Crippen LogP contribution in [0.15, 0.2) is 85.1 Å². The first-order chi connectivity index (χ1) is 18.3. The van der Waals surface area contributed by atoms with Crippen LogP contribution in [-0.2, 0) is 26.5 Å². The topological polar surface area (TPSA) is 35.0 Å². The number of pyridine rings is 2. The predicted molar refractivity (Wildman–Crippen MR) is 156 cm³/mol. The van der Waals surface area contributed by atoms with E-state index in [-0.39, 0.29) is 33.2 Å². The Morgan fingerprint density at radius 2 is 1.59 bits per heavy atom. The maximum atomic E-state index is 6.02. The first-order valence-electron chi connectivity index (χ1n) is 13.0. The molecule has 5 aromatic rings. The van der Waals surface area contributed by atoms with Crippen LogP contribution < -0.4 is 21.3 Å². The van der Waals surface area contributed by atoms with E-state index in [2.05, 4.69) is 99.4 Å². The third-order valence-corrected chi connectivity index (χ3v) is 7.13. The van der Waals surface area contributed by atoms with Gasteiger partial charge < -0.3 is 4.74 Å². The van der Waals surface area contributed by atoms with Gasteiger partial charge >= 0.3 is 21.1 Å². The van der Waals surface area contributed by atoms with E-state index in [0.29, 0.717) is 11.6 Å². The molecule has 0 bridgehead atoms. The van der Waals surface area contributed by atoms with Crippen molar-refractivity contribution >= 4 is 23.2 Å². The van der Waals surface area contributed by atoms with Gasteiger partial charge in [-0.1, -0.05) is 56.1 Å². The zero-order valence-electron chi connectivity index (χ0n) is 22.8. The van der Waals surface area contributed by atoms with Gasteiger partial charge in [0.25, 0.3) is 0 Å². The molecule has 0 spiro atoms. The molecule has 5 heteroatoms. The molecule has 0 aliphatic carbocycles. The molecular weight excluding hydrogens is 658 g/mol. The summed E-state index contributed by atoms with van der Waals surface area (Å²) in [7, 11) is 0. The Bertz CT molecular complexity index is 1670. The standard InChI is InChI=1S/C34H29BN2O.Pt/c1-22-15-16-36-33(17-22)38-27-10-8-9-24(19-27)25-13-14-29-28-11-6-7-12-30(28)35(31(29)20-25)32-21-26(34(3,4)5)18-23(2)37-32;/h6-18,21H,1-5H3;/q-2;+2. The Labute approximate surface area is 246 Å². The molecule has 0 atom stereocenters. The average Bonchev–Trinajstić information content (AvgIpc) is 3.22. The molecule has 3 nitrogen and oxygen atoms in total. The molecule has 3 aromatic carbocycles. The van der Waals surface area contributed by atoms with E-state index in [1.165, 1.54) is 22.2 Å². The summed E-state index contributed by atoms with van der Waals surface area (Å²) in [6, 6.07) is 34.5. The fourth-order valence-corrected chi connectivity index (χ4v) is 5.20. The fourth-order valence-electron chi connectivity index (χ4n) is 5.20. The van der Waals surface area contributed by atoms with Crippen LogP contribution in [0.1, 0.15) is 37.6 Å². The number of rotatable bonds is 4. The molecule has 0 saturated heterocycles. The van der Waals surface area contributed by atoms with Crippen LogP contribution in [0.25, 0.3) is 22.3 Å². The van der Waals surface area contributed by atoms with E-state index in [4.69, 9.17) is 9.72 Å². The van der Waals surface area contributed by atoms with Crippen LogP contribution in [-0.4, -0.2) is 16.7 Å². The number of benzene rings is 3. The van der Waals surface area contributed by atoms with E-state index in [1.54, 1.807) is 6.20 Å². The maximum absolute atomic E-state index is 6.02. The van der Waals surface area contributed by atoms with Crippen molar-refractivity contribution in [2.75, 3.05) is 0 Å². The Balaban J connectivity index is 0.00000308. The van der Waals surface area contributed by atoms with E-state index in [0.717, 1.165) is 33.4 Å². The normalized spacial score (nSPS) is 12.0. The number of nitrogens with zero attached hydrogens (tertiary/aromatic N) is 2. The third-order valence-electron chi connectivity index (χ3n) is 7.13. The van der Waals surface area contributed by atoms with Crippen LogP contribution >= 0.6 is 0 Å². The van der Waals surface area contributed by atoms with Gasteiger partial charge in [0.1, 0.15) is 0 Å². The second kappa shape index (κ2) is 10.6. The SMILES string of the molecule is Cc1ccnc(Oc2[c-]c(-c3[c-]c4c(cc3)-c3ccccc3B4c3cc(C(C)(C)C)cc(C)n3)ccc2)c1.[Pt+2]. The number of hydrogen-bond donors (Lipinski definition) is 0. The molecule has 6 rings (SSSR count). The molecule has 0 fully saturated rings. The van der Waals surface area contributed by atoms with Gasteiger partial charge in [-0.25, -0.2) is 16.1 Å². The molecule has 2 aromatic heterocycles. The number of hydrogen-bond acceptors (Lipinski definition) is 3. The Kier molecular flexibility index (Phi) is 7.35. The van der Waals surface area contributed by atoms with Gasteiger partial charge in [0, 0.05) is 29.3 Å². The third kappa shape index (κ3) is 5.36. The van der Waals surface area contributed by atoms with Crippen molar-refractivity contribution in [3.05, 3.63) is 114 Å². The zero-order chi connectivity index (χ0) is 26.4. The first-order valence-corrected chi connectivity index (χ1v) is 13.0. The summed E-state index contributed by atoms with van der Waals surface area (Å²) in [6.07, 6.45) is 1.75. The van der Waals surface area contributed by atoms with Gasteiger partial charge in [0.2, 0.25) is 12.6 Å². The Morgan fingerprint density at radius 3 is 2.38 bits per heavy atom. The van der Waals surface area contributed by atoms with Gasteiger partial charge in [-0.15, -0.1) is 23.8 Å². The largest absolute Gasteiger partial charge is 2.00 e. The minimum absolute atomic E-state index is 0. The molecule has 0 unspecified atom stereocenters.